The van der Waals surface area contributed by atoms with Gasteiger partial charge >= 0.3 is 12.1 Å². The number of benzene rings is 2. The van der Waals surface area contributed by atoms with Crippen LogP contribution in [0, 0.1) is 0 Å². The van der Waals surface area contributed by atoms with E-state index >= 15 is 0 Å². The van der Waals surface area contributed by atoms with Crippen LogP contribution in [-0.4, -0.2) is 42.3 Å². The fourth-order valence-electron chi connectivity index (χ4n) is 3.42. The molecule has 0 spiro atoms. The molecule has 2 aromatic carbocycles. The van der Waals surface area contributed by atoms with Crippen molar-refractivity contribution in [3.05, 3.63) is 59.7 Å². The summed E-state index contributed by atoms with van der Waals surface area (Å²) in [5, 5.41) is 13.4. The van der Waals surface area contributed by atoms with Gasteiger partial charge < -0.3 is 20.5 Å². The van der Waals surface area contributed by atoms with Gasteiger partial charge in [-0.25, -0.2) is 4.79 Å². The predicted molar refractivity (Wildman–Crippen MR) is 103 cm³/mol. The molecule has 7 nitrogen and oxygen atoms in total. The zero-order chi connectivity index (χ0) is 20.1. The van der Waals surface area contributed by atoms with Crippen molar-refractivity contribution in [3.8, 4) is 11.1 Å². The smallest absolute Gasteiger partial charge is 0.407 e. The first-order chi connectivity index (χ1) is 13.5. The molecule has 3 N–H and O–H groups in total. The Balaban J connectivity index is 1.63. The average Bonchev–Trinajstić information content (AvgIpc) is 3.02. The number of nitrogens with one attached hydrogen (secondary N) is 2. The number of hydrogen-bond acceptors (Lipinski definition) is 4. The Hall–Kier alpha value is -3.35. The number of fused-ring (bicyclic) bond motifs is 3. The summed E-state index contributed by atoms with van der Waals surface area (Å²) in [6.45, 7) is 1.36. The molecule has 1 aliphatic carbocycles. The van der Waals surface area contributed by atoms with Crippen LogP contribution in [0.3, 0.4) is 0 Å². The predicted octanol–water partition coefficient (Wildman–Crippen LogP) is 2.50. The van der Waals surface area contributed by atoms with Crippen molar-refractivity contribution in [2.24, 2.45) is 0 Å². The van der Waals surface area contributed by atoms with Crippen molar-refractivity contribution < 1.29 is 24.2 Å². The van der Waals surface area contributed by atoms with Gasteiger partial charge in [0.05, 0.1) is 0 Å². The van der Waals surface area contributed by atoms with Gasteiger partial charge in [0, 0.05) is 5.92 Å². The van der Waals surface area contributed by atoms with E-state index in [2.05, 4.69) is 10.6 Å². The first-order valence-corrected chi connectivity index (χ1v) is 9.12. The first-order valence-electron chi connectivity index (χ1n) is 9.12. The molecule has 0 fully saturated rings. The van der Waals surface area contributed by atoms with Crippen LogP contribution in [0.1, 0.15) is 30.4 Å². The molecule has 1 atom stereocenters. The fourth-order valence-corrected chi connectivity index (χ4v) is 3.42. The summed E-state index contributed by atoms with van der Waals surface area (Å²) >= 11 is 0. The molecule has 0 aromatic heterocycles. The highest BCUT2D eigenvalue weighted by Gasteiger charge is 2.29. The van der Waals surface area contributed by atoms with E-state index in [1.807, 2.05) is 48.5 Å². The molecule has 146 valence electrons. The van der Waals surface area contributed by atoms with E-state index < -0.39 is 30.6 Å². The SMILES string of the molecule is CCC(NC(=O)OCC1c2ccccc2-c2ccccc21)C(=O)NCC(=O)O. The second kappa shape index (κ2) is 8.56. The number of alkyl carbamates (subject to hydrolysis) is 1. The van der Waals surface area contributed by atoms with Gasteiger partial charge in [0.25, 0.3) is 0 Å². The van der Waals surface area contributed by atoms with Gasteiger partial charge in [-0.05, 0) is 28.7 Å². The number of carboxylic acids is 1. The standard InChI is InChI=1S/C21H22N2O5/c1-2-18(20(26)22-11-19(24)25)23-21(27)28-12-17-15-9-5-3-7-13(15)14-8-4-6-10-16(14)17/h3-10,17-18H,2,11-12H2,1H3,(H,22,26)(H,23,27)(H,24,25). The number of ether oxygens (including phenoxy) is 1. The molecule has 0 aliphatic heterocycles. The van der Waals surface area contributed by atoms with Crippen LogP contribution in [0.25, 0.3) is 11.1 Å². The maximum absolute atomic E-state index is 12.2. The molecule has 2 amide bonds. The molecule has 1 unspecified atom stereocenters. The lowest BCUT2D eigenvalue weighted by Gasteiger charge is -2.18. The summed E-state index contributed by atoms with van der Waals surface area (Å²) in [5.41, 5.74) is 4.46. The minimum atomic E-state index is -1.15. The number of hydrogen-bond donors (Lipinski definition) is 3. The van der Waals surface area contributed by atoms with E-state index in [4.69, 9.17) is 9.84 Å². The monoisotopic (exact) mass is 382 g/mol. The Morgan fingerprint density at radius 2 is 1.61 bits per heavy atom. The molecule has 3 rings (SSSR count). The highest BCUT2D eigenvalue weighted by atomic mass is 16.5. The summed E-state index contributed by atoms with van der Waals surface area (Å²) in [6.07, 6.45) is -0.394. The Kier molecular flexibility index (Phi) is 5.93. The topological polar surface area (TPSA) is 105 Å². The molecule has 0 bridgehead atoms. The lowest BCUT2D eigenvalue weighted by Crippen LogP contribution is -2.47. The number of carbonyl (C=O) groups is 3. The van der Waals surface area contributed by atoms with Crippen LogP contribution in [0.2, 0.25) is 0 Å². The summed E-state index contributed by atoms with van der Waals surface area (Å²) in [7, 11) is 0. The van der Waals surface area contributed by atoms with Gasteiger partial charge in [0.2, 0.25) is 5.91 Å². The van der Waals surface area contributed by atoms with Crippen molar-refractivity contribution in [2.75, 3.05) is 13.2 Å². The van der Waals surface area contributed by atoms with Gasteiger partial charge in [-0.3, -0.25) is 9.59 Å². The molecule has 7 heteroatoms. The number of carboxylic acid groups (broad SMARTS) is 1. The third kappa shape index (κ3) is 4.14. The maximum atomic E-state index is 12.2. The van der Waals surface area contributed by atoms with Gasteiger partial charge in [0.1, 0.15) is 19.2 Å². The highest BCUT2D eigenvalue weighted by Crippen LogP contribution is 2.44. The quantitative estimate of drug-likeness (QED) is 0.682. The van der Waals surface area contributed by atoms with Crippen LogP contribution in [0.15, 0.2) is 48.5 Å². The number of carbonyl (C=O) groups excluding carboxylic acids is 2. The summed E-state index contributed by atoms with van der Waals surface area (Å²) in [5.74, 6) is -1.78. The van der Waals surface area contributed by atoms with Crippen LogP contribution < -0.4 is 10.6 Å². The minimum Gasteiger partial charge on any atom is -0.480 e. The van der Waals surface area contributed by atoms with E-state index in [0.29, 0.717) is 6.42 Å². The molecule has 2 aromatic rings. The minimum absolute atomic E-state index is 0.0703. The van der Waals surface area contributed by atoms with E-state index in [-0.39, 0.29) is 12.5 Å². The first kappa shape index (κ1) is 19.4. The van der Waals surface area contributed by atoms with Gasteiger partial charge in [-0.15, -0.1) is 0 Å². The maximum Gasteiger partial charge on any atom is 0.407 e. The summed E-state index contributed by atoms with van der Waals surface area (Å²) < 4.78 is 5.40. The lowest BCUT2D eigenvalue weighted by molar-refractivity contribution is -0.138. The Morgan fingerprint density at radius 1 is 1.04 bits per heavy atom. The van der Waals surface area contributed by atoms with E-state index in [9.17, 15) is 14.4 Å². The van der Waals surface area contributed by atoms with Gasteiger partial charge in [-0.1, -0.05) is 55.5 Å². The molecule has 0 heterocycles. The lowest BCUT2D eigenvalue weighted by atomic mass is 9.98. The molecule has 0 radical (unpaired) electrons. The zero-order valence-corrected chi connectivity index (χ0v) is 15.5. The third-order valence-electron chi connectivity index (χ3n) is 4.77. The van der Waals surface area contributed by atoms with Crippen LogP contribution in [-0.2, 0) is 14.3 Å². The fraction of sp³-hybridized carbons (Fsp3) is 0.286. The van der Waals surface area contributed by atoms with Crippen molar-refractivity contribution >= 4 is 18.0 Å². The Labute approximate surface area is 162 Å². The van der Waals surface area contributed by atoms with Crippen molar-refractivity contribution in [2.45, 2.75) is 25.3 Å². The van der Waals surface area contributed by atoms with E-state index in [1.165, 1.54) is 0 Å². The Morgan fingerprint density at radius 3 is 2.14 bits per heavy atom. The van der Waals surface area contributed by atoms with Crippen molar-refractivity contribution in [1.82, 2.24) is 10.6 Å². The van der Waals surface area contributed by atoms with Gasteiger partial charge in [0.15, 0.2) is 0 Å². The normalized spacial score (nSPS) is 13.2. The summed E-state index contributed by atoms with van der Waals surface area (Å²) in [4.78, 5) is 34.7. The Bertz CT molecular complexity index is 850. The largest absolute Gasteiger partial charge is 0.480 e. The number of amides is 2. The van der Waals surface area contributed by atoms with E-state index in [0.717, 1.165) is 22.3 Å². The molecule has 28 heavy (non-hydrogen) atoms. The molecule has 0 saturated heterocycles. The second-order valence-electron chi connectivity index (χ2n) is 6.54. The van der Waals surface area contributed by atoms with Crippen LogP contribution >= 0.6 is 0 Å². The molecular formula is C21H22N2O5. The van der Waals surface area contributed by atoms with Crippen molar-refractivity contribution in [3.63, 3.8) is 0 Å². The number of rotatable bonds is 7. The van der Waals surface area contributed by atoms with Crippen LogP contribution in [0.4, 0.5) is 4.79 Å². The van der Waals surface area contributed by atoms with Crippen LogP contribution in [0.5, 0.6) is 0 Å². The highest BCUT2D eigenvalue weighted by molar-refractivity contribution is 5.88. The van der Waals surface area contributed by atoms with Crippen molar-refractivity contribution in [1.29, 1.82) is 0 Å². The van der Waals surface area contributed by atoms with E-state index in [1.54, 1.807) is 6.92 Å². The zero-order valence-electron chi connectivity index (χ0n) is 15.5. The summed E-state index contributed by atoms with van der Waals surface area (Å²) in [6, 6.07) is 15.2. The third-order valence-corrected chi connectivity index (χ3v) is 4.77. The average molecular weight is 382 g/mol. The number of aliphatic carboxylic acids is 1. The van der Waals surface area contributed by atoms with Gasteiger partial charge in [-0.2, -0.15) is 0 Å². The molecular weight excluding hydrogens is 360 g/mol. The molecule has 1 aliphatic rings. The molecule has 0 saturated carbocycles. The second-order valence-corrected chi connectivity index (χ2v) is 6.54.